The summed E-state index contributed by atoms with van der Waals surface area (Å²) in [5.41, 5.74) is 7.28. The first kappa shape index (κ1) is 13.7. The van der Waals surface area contributed by atoms with E-state index in [-0.39, 0.29) is 12.5 Å². The molecule has 4 N–H and O–H groups in total. The monoisotopic (exact) mass is 236 g/mol. The van der Waals surface area contributed by atoms with Crippen LogP contribution in [-0.2, 0) is 11.4 Å². The molecule has 1 rings (SSSR count). The molecule has 1 atom stereocenters. The first-order valence-corrected chi connectivity index (χ1v) is 5.93. The number of nitrogens with two attached hydrogens (primary N) is 1. The molecule has 0 heterocycles. The average Bonchev–Trinajstić information content (AvgIpc) is 2.36. The first-order valence-electron chi connectivity index (χ1n) is 5.93. The number of unbranched alkanes of at least 4 members (excludes halogenated alkanes) is 1. The van der Waals surface area contributed by atoms with E-state index in [9.17, 15) is 4.79 Å². The largest absolute Gasteiger partial charge is 0.392 e. The molecule has 0 saturated heterocycles. The lowest BCUT2D eigenvalue weighted by atomic mass is 10.1. The summed E-state index contributed by atoms with van der Waals surface area (Å²) in [5, 5.41) is 11.6. The number of hydrogen-bond donors (Lipinski definition) is 3. The Bertz CT molecular complexity index is 349. The maximum absolute atomic E-state index is 11.7. The second-order valence-electron chi connectivity index (χ2n) is 4.09. The van der Waals surface area contributed by atoms with E-state index in [0.29, 0.717) is 12.1 Å². The van der Waals surface area contributed by atoms with Gasteiger partial charge in [-0.3, -0.25) is 4.79 Å². The summed E-state index contributed by atoms with van der Waals surface area (Å²) in [6.45, 7) is 2.07. The van der Waals surface area contributed by atoms with Crippen LogP contribution >= 0.6 is 0 Å². The van der Waals surface area contributed by atoms with Crippen molar-refractivity contribution in [3.63, 3.8) is 0 Å². The standard InChI is InChI=1S/C13H20N2O2/c1-2-3-4-12(14)13(17)15-11-7-5-10(9-16)6-8-11/h5-8,12,16H,2-4,9,14H2,1H3,(H,15,17)/t12-/m0/s1. The fourth-order valence-corrected chi connectivity index (χ4v) is 1.48. The van der Waals surface area contributed by atoms with E-state index in [0.717, 1.165) is 18.4 Å². The van der Waals surface area contributed by atoms with Crippen LogP contribution in [0.3, 0.4) is 0 Å². The lowest BCUT2D eigenvalue weighted by Gasteiger charge is -2.11. The molecule has 0 unspecified atom stereocenters. The number of hydrogen-bond acceptors (Lipinski definition) is 3. The fraction of sp³-hybridized carbons (Fsp3) is 0.462. The summed E-state index contributed by atoms with van der Waals surface area (Å²) in [4.78, 5) is 11.7. The quantitative estimate of drug-likeness (QED) is 0.702. The van der Waals surface area contributed by atoms with Gasteiger partial charge >= 0.3 is 0 Å². The first-order chi connectivity index (χ1) is 8.17. The SMILES string of the molecule is CCCC[C@H](N)C(=O)Nc1ccc(CO)cc1. The van der Waals surface area contributed by atoms with Gasteiger partial charge in [-0.2, -0.15) is 0 Å². The Labute approximate surface area is 102 Å². The molecule has 0 fully saturated rings. The van der Waals surface area contributed by atoms with Crippen LogP contribution in [-0.4, -0.2) is 17.1 Å². The molecule has 4 heteroatoms. The normalized spacial score (nSPS) is 12.2. The molecule has 17 heavy (non-hydrogen) atoms. The minimum atomic E-state index is -0.451. The highest BCUT2D eigenvalue weighted by atomic mass is 16.3. The Morgan fingerprint density at radius 2 is 2.06 bits per heavy atom. The van der Waals surface area contributed by atoms with Crippen molar-refractivity contribution in [2.75, 3.05) is 5.32 Å². The summed E-state index contributed by atoms with van der Waals surface area (Å²) >= 11 is 0. The molecular formula is C13H20N2O2. The Morgan fingerprint density at radius 3 is 2.59 bits per heavy atom. The lowest BCUT2D eigenvalue weighted by Crippen LogP contribution is -2.35. The maximum Gasteiger partial charge on any atom is 0.241 e. The number of anilines is 1. The van der Waals surface area contributed by atoms with Gasteiger partial charge in [0.2, 0.25) is 5.91 Å². The third-order valence-corrected chi connectivity index (χ3v) is 2.61. The number of aliphatic hydroxyl groups is 1. The number of benzene rings is 1. The number of aliphatic hydroxyl groups excluding tert-OH is 1. The minimum Gasteiger partial charge on any atom is -0.392 e. The molecule has 0 aliphatic carbocycles. The van der Waals surface area contributed by atoms with Crippen molar-refractivity contribution in [3.8, 4) is 0 Å². The van der Waals surface area contributed by atoms with Gasteiger partial charge < -0.3 is 16.2 Å². The molecular weight excluding hydrogens is 216 g/mol. The van der Waals surface area contributed by atoms with Crippen molar-refractivity contribution >= 4 is 11.6 Å². The maximum atomic E-state index is 11.7. The Morgan fingerprint density at radius 1 is 1.41 bits per heavy atom. The summed E-state index contributed by atoms with van der Waals surface area (Å²) in [5.74, 6) is -0.157. The van der Waals surface area contributed by atoms with Gasteiger partial charge in [-0.1, -0.05) is 31.9 Å². The highest BCUT2D eigenvalue weighted by molar-refractivity contribution is 5.94. The van der Waals surface area contributed by atoms with Gasteiger partial charge in [0.1, 0.15) is 0 Å². The van der Waals surface area contributed by atoms with Crippen LogP contribution in [0.15, 0.2) is 24.3 Å². The summed E-state index contributed by atoms with van der Waals surface area (Å²) in [6.07, 6.45) is 2.70. The molecule has 94 valence electrons. The molecule has 0 radical (unpaired) electrons. The minimum absolute atomic E-state index is 0.00421. The zero-order chi connectivity index (χ0) is 12.7. The van der Waals surface area contributed by atoms with Gasteiger partial charge in [0, 0.05) is 5.69 Å². The smallest absolute Gasteiger partial charge is 0.241 e. The molecule has 0 spiro atoms. The molecule has 4 nitrogen and oxygen atoms in total. The molecule has 1 aromatic carbocycles. The van der Waals surface area contributed by atoms with Gasteiger partial charge in [0.25, 0.3) is 0 Å². The van der Waals surface area contributed by atoms with Crippen LogP contribution in [0.25, 0.3) is 0 Å². The van der Waals surface area contributed by atoms with Crippen LogP contribution in [0.5, 0.6) is 0 Å². The third kappa shape index (κ3) is 4.54. The lowest BCUT2D eigenvalue weighted by molar-refractivity contribution is -0.117. The van der Waals surface area contributed by atoms with Crippen molar-refractivity contribution in [3.05, 3.63) is 29.8 Å². The third-order valence-electron chi connectivity index (χ3n) is 2.61. The highest BCUT2D eigenvalue weighted by Gasteiger charge is 2.12. The summed E-state index contributed by atoms with van der Waals surface area (Å²) in [6, 6.07) is 6.61. The Kier molecular flexibility index (Phi) is 5.66. The fourth-order valence-electron chi connectivity index (χ4n) is 1.48. The summed E-state index contributed by atoms with van der Waals surface area (Å²) in [7, 11) is 0. The second-order valence-corrected chi connectivity index (χ2v) is 4.09. The van der Waals surface area contributed by atoms with Crippen LogP contribution in [0, 0.1) is 0 Å². The van der Waals surface area contributed by atoms with Gasteiger partial charge in [-0.25, -0.2) is 0 Å². The molecule has 0 saturated carbocycles. The Hall–Kier alpha value is -1.39. The van der Waals surface area contributed by atoms with Crippen molar-refractivity contribution in [2.24, 2.45) is 5.73 Å². The predicted octanol–water partition coefficient (Wildman–Crippen LogP) is 1.63. The van der Waals surface area contributed by atoms with Crippen molar-refractivity contribution in [1.82, 2.24) is 0 Å². The zero-order valence-corrected chi connectivity index (χ0v) is 10.1. The van der Waals surface area contributed by atoms with E-state index in [1.165, 1.54) is 0 Å². The van der Waals surface area contributed by atoms with Crippen LogP contribution < -0.4 is 11.1 Å². The molecule has 0 aliphatic heterocycles. The van der Waals surface area contributed by atoms with E-state index >= 15 is 0 Å². The van der Waals surface area contributed by atoms with E-state index in [1.54, 1.807) is 24.3 Å². The van der Waals surface area contributed by atoms with Gasteiger partial charge in [0.15, 0.2) is 0 Å². The topological polar surface area (TPSA) is 75.4 Å². The van der Waals surface area contributed by atoms with E-state index in [4.69, 9.17) is 10.8 Å². The molecule has 0 bridgehead atoms. The highest BCUT2D eigenvalue weighted by Crippen LogP contribution is 2.10. The molecule has 0 aromatic heterocycles. The van der Waals surface area contributed by atoms with Crippen LogP contribution in [0.1, 0.15) is 31.7 Å². The number of carbonyl (C=O) groups excluding carboxylic acids is 1. The van der Waals surface area contributed by atoms with Crippen LogP contribution in [0.4, 0.5) is 5.69 Å². The second kappa shape index (κ2) is 7.04. The number of amides is 1. The van der Waals surface area contributed by atoms with Crippen molar-refractivity contribution < 1.29 is 9.90 Å². The number of carbonyl (C=O) groups is 1. The van der Waals surface area contributed by atoms with Gasteiger partial charge in [-0.15, -0.1) is 0 Å². The van der Waals surface area contributed by atoms with Crippen molar-refractivity contribution in [1.29, 1.82) is 0 Å². The number of rotatable bonds is 6. The number of nitrogens with one attached hydrogen (secondary N) is 1. The average molecular weight is 236 g/mol. The van der Waals surface area contributed by atoms with E-state index < -0.39 is 6.04 Å². The molecule has 1 amide bonds. The Balaban J connectivity index is 2.49. The van der Waals surface area contributed by atoms with E-state index in [1.807, 2.05) is 0 Å². The predicted molar refractivity (Wildman–Crippen MR) is 68.5 cm³/mol. The summed E-state index contributed by atoms with van der Waals surface area (Å²) < 4.78 is 0. The van der Waals surface area contributed by atoms with E-state index in [2.05, 4.69) is 12.2 Å². The van der Waals surface area contributed by atoms with Crippen LogP contribution in [0.2, 0.25) is 0 Å². The molecule has 1 aromatic rings. The van der Waals surface area contributed by atoms with Gasteiger partial charge in [-0.05, 0) is 24.1 Å². The molecule has 0 aliphatic rings. The zero-order valence-electron chi connectivity index (χ0n) is 10.1. The van der Waals surface area contributed by atoms with Crippen molar-refractivity contribution in [2.45, 2.75) is 38.8 Å². The van der Waals surface area contributed by atoms with Gasteiger partial charge in [0.05, 0.1) is 12.6 Å².